The van der Waals surface area contributed by atoms with Crippen molar-refractivity contribution in [3.63, 3.8) is 0 Å². The summed E-state index contributed by atoms with van der Waals surface area (Å²) in [6, 6.07) is 15.2. The van der Waals surface area contributed by atoms with Crippen molar-refractivity contribution in [2.75, 3.05) is 17.2 Å². The smallest absolute Gasteiger partial charge is 0.226 e. The van der Waals surface area contributed by atoms with E-state index in [1.54, 1.807) is 12.1 Å². The van der Waals surface area contributed by atoms with Gasteiger partial charge in [-0.3, -0.25) is 4.79 Å². The maximum absolute atomic E-state index is 11.9. The predicted octanol–water partition coefficient (Wildman–Crippen LogP) is 3.62. The van der Waals surface area contributed by atoms with Crippen molar-refractivity contribution in [1.29, 1.82) is 5.26 Å². The number of rotatable bonds is 5. The minimum Gasteiger partial charge on any atom is -0.385 e. The minimum atomic E-state index is -0.0203. The molecule has 1 amide bonds. The molecular formula is C18H19N3O. The lowest BCUT2D eigenvalue weighted by atomic mass is 10.1. The average Bonchev–Trinajstić information content (AvgIpc) is 2.51. The molecule has 0 fully saturated rings. The van der Waals surface area contributed by atoms with Gasteiger partial charge in [0, 0.05) is 24.3 Å². The van der Waals surface area contributed by atoms with E-state index in [-0.39, 0.29) is 5.91 Å². The number of anilines is 2. The van der Waals surface area contributed by atoms with Crippen molar-refractivity contribution >= 4 is 17.3 Å². The standard InChI is InChI=1S/C18H19N3O/c1-13-3-8-17(14(2)11-13)21-18(22)9-10-20-16-6-4-15(12-19)5-7-16/h3-8,11,20H,9-10H2,1-2H3,(H,21,22). The summed E-state index contributed by atoms with van der Waals surface area (Å²) < 4.78 is 0. The molecule has 2 aromatic rings. The Hall–Kier alpha value is -2.80. The molecule has 0 heterocycles. The third-order valence-electron chi connectivity index (χ3n) is 3.35. The highest BCUT2D eigenvalue weighted by molar-refractivity contribution is 5.91. The molecular weight excluding hydrogens is 274 g/mol. The minimum absolute atomic E-state index is 0.0203. The van der Waals surface area contributed by atoms with Gasteiger partial charge in [-0.05, 0) is 49.7 Å². The zero-order valence-corrected chi connectivity index (χ0v) is 12.8. The van der Waals surface area contributed by atoms with E-state index < -0.39 is 0 Å². The summed E-state index contributed by atoms with van der Waals surface area (Å²) in [5, 5.41) is 14.8. The van der Waals surface area contributed by atoms with Crippen LogP contribution < -0.4 is 10.6 Å². The second kappa shape index (κ2) is 7.28. The molecule has 2 rings (SSSR count). The maximum Gasteiger partial charge on any atom is 0.226 e. The van der Waals surface area contributed by atoms with Crippen molar-refractivity contribution in [2.45, 2.75) is 20.3 Å². The molecule has 0 unspecified atom stereocenters. The monoisotopic (exact) mass is 293 g/mol. The molecule has 0 saturated carbocycles. The maximum atomic E-state index is 11.9. The number of hydrogen-bond acceptors (Lipinski definition) is 3. The number of nitriles is 1. The number of benzene rings is 2. The fourth-order valence-corrected chi connectivity index (χ4v) is 2.15. The first-order valence-electron chi connectivity index (χ1n) is 7.19. The van der Waals surface area contributed by atoms with Crippen molar-refractivity contribution in [1.82, 2.24) is 0 Å². The summed E-state index contributed by atoms with van der Waals surface area (Å²) in [5.41, 5.74) is 4.62. The van der Waals surface area contributed by atoms with Gasteiger partial charge in [-0.25, -0.2) is 0 Å². The number of nitrogens with one attached hydrogen (secondary N) is 2. The van der Waals surface area contributed by atoms with Gasteiger partial charge in [0.15, 0.2) is 0 Å². The zero-order chi connectivity index (χ0) is 15.9. The van der Waals surface area contributed by atoms with Gasteiger partial charge in [-0.15, -0.1) is 0 Å². The van der Waals surface area contributed by atoms with E-state index in [4.69, 9.17) is 5.26 Å². The van der Waals surface area contributed by atoms with Crippen LogP contribution in [0.2, 0.25) is 0 Å². The van der Waals surface area contributed by atoms with E-state index in [9.17, 15) is 4.79 Å². The topological polar surface area (TPSA) is 64.9 Å². The Kier molecular flexibility index (Phi) is 5.16. The third kappa shape index (κ3) is 4.35. The molecule has 4 nitrogen and oxygen atoms in total. The van der Waals surface area contributed by atoms with E-state index in [1.807, 2.05) is 44.2 Å². The van der Waals surface area contributed by atoms with Gasteiger partial charge in [0.1, 0.15) is 0 Å². The van der Waals surface area contributed by atoms with Gasteiger partial charge in [0.05, 0.1) is 11.6 Å². The number of aryl methyl sites for hydroxylation is 2. The zero-order valence-electron chi connectivity index (χ0n) is 12.8. The first-order chi connectivity index (χ1) is 10.6. The van der Waals surface area contributed by atoms with Crippen LogP contribution in [0.5, 0.6) is 0 Å². The molecule has 0 aliphatic rings. The molecule has 0 spiro atoms. The van der Waals surface area contributed by atoms with Gasteiger partial charge in [0.25, 0.3) is 0 Å². The molecule has 22 heavy (non-hydrogen) atoms. The van der Waals surface area contributed by atoms with Crippen molar-refractivity contribution in [2.24, 2.45) is 0 Å². The van der Waals surface area contributed by atoms with E-state index in [0.717, 1.165) is 16.9 Å². The molecule has 0 radical (unpaired) electrons. The molecule has 2 aromatic carbocycles. The molecule has 0 saturated heterocycles. The van der Waals surface area contributed by atoms with Crippen LogP contribution in [0.4, 0.5) is 11.4 Å². The van der Waals surface area contributed by atoms with E-state index in [2.05, 4.69) is 16.7 Å². The van der Waals surface area contributed by atoms with Gasteiger partial charge in [-0.2, -0.15) is 5.26 Å². The lowest BCUT2D eigenvalue weighted by Crippen LogP contribution is -2.16. The van der Waals surface area contributed by atoms with Crippen molar-refractivity contribution < 1.29 is 4.79 Å². The largest absolute Gasteiger partial charge is 0.385 e. The third-order valence-corrected chi connectivity index (χ3v) is 3.35. The number of hydrogen-bond donors (Lipinski definition) is 2. The van der Waals surface area contributed by atoms with Crippen LogP contribution in [0.1, 0.15) is 23.1 Å². The highest BCUT2D eigenvalue weighted by atomic mass is 16.1. The Morgan fingerprint density at radius 2 is 1.86 bits per heavy atom. The van der Waals surface area contributed by atoms with Crippen LogP contribution in [0.15, 0.2) is 42.5 Å². The number of nitrogens with zero attached hydrogens (tertiary/aromatic N) is 1. The fourth-order valence-electron chi connectivity index (χ4n) is 2.15. The van der Waals surface area contributed by atoms with Crippen molar-refractivity contribution in [3.8, 4) is 6.07 Å². The highest BCUT2D eigenvalue weighted by Crippen LogP contribution is 2.16. The van der Waals surface area contributed by atoms with E-state index >= 15 is 0 Å². The molecule has 2 N–H and O–H groups in total. The first kappa shape index (κ1) is 15.6. The Morgan fingerprint density at radius 1 is 1.14 bits per heavy atom. The second-order valence-electron chi connectivity index (χ2n) is 5.23. The normalized spacial score (nSPS) is 9.86. The molecule has 4 heteroatoms. The fraction of sp³-hybridized carbons (Fsp3) is 0.222. The van der Waals surface area contributed by atoms with Crippen LogP contribution in [-0.4, -0.2) is 12.5 Å². The van der Waals surface area contributed by atoms with E-state index in [1.165, 1.54) is 5.56 Å². The Balaban J connectivity index is 1.81. The Labute approximate surface area is 130 Å². The summed E-state index contributed by atoms with van der Waals surface area (Å²) in [5.74, 6) is -0.0203. The summed E-state index contributed by atoms with van der Waals surface area (Å²) in [6.45, 7) is 4.56. The van der Waals surface area contributed by atoms with Gasteiger partial charge in [0.2, 0.25) is 5.91 Å². The molecule has 0 aliphatic carbocycles. The number of carbonyl (C=O) groups excluding carboxylic acids is 1. The Morgan fingerprint density at radius 3 is 2.50 bits per heavy atom. The number of amides is 1. The summed E-state index contributed by atoms with van der Waals surface area (Å²) in [6.07, 6.45) is 0.382. The van der Waals surface area contributed by atoms with Crippen LogP contribution in [0.3, 0.4) is 0 Å². The lowest BCUT2D eigenvalue weighted by molar-refractivity contribution is -0.115. The summed E-state index contributed by atoms with van der Waals surface area (Å²) in [4.78, 5) is 11.9. The molecule has 0 aliphatic heterocycles. The van der Waals surface area contributed by atoms with Crippen LogP contribution in [-0.2, 0) is 4.79 Å². The van der Waals surface area contributed by atoms with Gasteiger partial charge < -0.3 is 10.6 Å². The molecule has 0 atom stereocenters. The summed E-state index contributed by atoms with van der Waals surface area (Å²) >= 11 is 0. The lowest BCUT2D eigenvalue weighted by Gasteiger charge is -2.10. The van der Waals surface area contributed by atoms with Gasteiger partial charge in [-0.1, -0.05) is 17.7 Å². The first-order valence-corrected chi connectivity index (χ1v) is 7.19. The van der Waals surface area contributed by atoms with E-state index in [0.29, 0.717) is 18.5 Å². The predicted molar refractivity (Wildman–Crippen MR) is 88.8 cm³/mol. The second-order valence-corrected chi connectivity index (χ2v) is 5.23. The van der Waals surface area contributed by atoms with Crippen LogP contribution >= 0.6 is 0 Å². The quantitative estimate of drug-likeness (QED) is 0.885. The molecule has 112 valence electrons. The summed E-state index contributed by atoms with van der Waals surface area (Å²) in [7, 11) is 0. The molecule has 0 aromatic heterocycles. The number of carbonyl (C=O) groups is 1. The molecule has 0 bridgehead atoms. The Bertz CT molecular complexity index is 699. The average molecular weight is 293 g/mol. The SMILES string of the molecule is Cc1ccc(NC(=O)CCNc2ccc(C#N)cc2)c(C)c1. The van der Waals surface area contributed by atoms with Crippen LogP contribution in [0.25, 0.3) is 0 Å². The highest BCUT2D eigenvalue weighted by Gasteiger charge is 2.04. The van der Waals surface area contributed by atoms with Gasteiger partial charge >= 0.3 is 0 Å². The van der Waals surface area contributed by atoms with Crippen LogP contribution in [0, 0.1) is 25.2 Å². The van der Waals surface area contributed by atoms with Crippen molar-refractivity contribution in [3.05, 3.63) is 59.2 Å².